The maximum atomic E-state index is 12.9. The van der Waals surface area contributed by atoms with Crippen LogP contribution in [-0.2, 0) is 23.1 Å². The summed E-state index contributed by atoms with van der Waals surface area (Å²) in [5.41, 5.74) is 3.35. The topological polar surface area (TPSA) is 79.1 Å². The maximum Gasteiger partial charge on any atom is 0.317 e. The van der Waals surface area contributed by atoms with Gasteiger partial charge in [0.25, 0.3) is 0 Å². The highest BCUT2D eigenvalue weighted by Gasteiger charge is 2.29. The fraction of sp³-hybridized carbons (Fsp3) is 0.286. The van der Waals surface area contributed by atoms with Gasteiger partial charge in [0.15, 0.2) is 11.5 Å². The van der Waals surface area contributed by atoms with Crippen LogP contribution >= 0.6 is 0 Å². The van der Waals surface area contributed by atoms with Crippen molar-refractivity contribution < 1.29 is 19.0 Å². The lowest BCUT2D eigenvalue weighted by molar-refractivity contribution is -0.143. The predicted octanol–water partition coefficient (Wildman–Crippen LogP) is 3.87. The molecule has 0 fully saturated rings. The number of carbonyl (C=O) groups excluding carboxylic acids is 1. The van der Waals surface area contributed by atoms with E-state index in [9.17, 15) is 9.70 Å². The molecule has 1 aliphatic heterocycles. The highest BCUT2D eigenvalue weighted by Crippen LogP contribution is 2.39. The summed E-state index contributed by atoms with van der Waals surface area (Å²) in [5.74, 6) is 0.349. The third-order valence-electron chi connectivity index (χ3n) is 4.90. The second-order valence-corrected chi connectivity index (χ2v) is 6.63. The van der Waals surface area contributed by atoms with E-state index in [2.05, 4.69) is 5.18 Å². The second-order valence-electron chi connectivity index (χ2n) is 6.63. The van der Waals surface area contributed by atoms with E-state index in [0.717, 1.165) is 27.6 Å². The van der Waals surface area contributed by atoms with Crippen LogP contribution < -0.4 is 9.47 Å². The second kappa shape index (κ2) is 7.34. The molecule has 1 aliphatic rings. The number of nitrogens with zero attached hydrogens (tertiary/aromatic N) is 2. The van der Waals surface area contributed by atoms with Gasteiger partial charge in [-0.25, -0.2) is 0 Å². The molecule has 4 rings (SSSR count). The van der Waals surface area contributed by atoms with E-state index in [1.807, 2.05) is 54.2 Å². The summed E-state index contributed by atoms with van der Waals surface area (Å²) >= 11 is 0. The molecule has 1 atom stereocenters. The summed E-state index contributed by atoms with van der Waals surface area (Å²) in [6, 6.07) is 11.2. The van der Waals surface area contributed by atoms with E-state index in [-0.39, 0.29) is 19.3 Å². The molecule has 2 heterocycles. The van der Waals surface area contributed by atoms with Crippen molar-refractivity contribution in [2.24, 2.45) is 12.2 Å². The number of rotatable bonds is 6. The van der Waals surface area contributed by atoms with Gasteiger partial charge in [-0.3, -0.25) is 4.79 Å². The Hall–Kier alpha value is -3.35. The van der Waals surface area contributed by atoms with Crippen molar-refractivity contribution in [2.45, 2.75) is 19.4 Å². The lowest BCUT2D eigenvalue weighted by Crippen LogP contribution is -2.17. The van der Waals surface area contributed by atoms with E-state index in [0.29, 0.717) is 18.1 Å². The molecule has 144 valence electrons. The molecule has 0 aliphatic carbocycles. The van der Waals surface area contributed by atoms with Gasteiger partial charge in [-0.2, -0.15) is 4.91 Å². The van der Waals surface area contributed by atoms with Crippen LogP contribution in [0.25, 0.3) is 10.9 Å². The number of aryl methyl sites for hydroxylation is 1. The van der Waals surface area contributed by atoms with Crippen molar-refractivity contribution in [1.29, 1.82) is 0 Å². The standard InChI is InChI=1S/C21H20N2O5/c1-3-26-21(24)20(14-5-7-18-19(9-14)28-12-27-18)16-11-23(2)17-8-13(10-22-25)4-6-15(16)17/h4-9,11,20H,3,10,12H2,1-2H3. The summed E-state index contributed by atoms with van der Waals surface area (Å²) in [7, 11) is 1.91. The first-order chi connectivity index (χ1) is 13.6. The molecule has 0 saturated carbocycles. The first-order valence-electron chi connectivity index (χ1n) is 9.05. The first-order valence-corrected chi connectivity index (χ1v) is 9.05. The Morgan fingerprint density at radius 2 is 2.04 bits per heavy atom. The molecule has 2 aromatic carbocycles. The van der Waals surface area contributed by atoms with Gasteiger partial charge in [0.1, 0.15) is 12.5 Å². The van der Waals surface area contributed by atoms with Crippen molar-refractivity contribution in [3.05, 3.63) is 64.2 Å². The fourth-order valence-corrected chi connectivity index (χ4v) is 3.62. The molecular formula is C21H20N2O5. The third-order valence-corrected chi connectivity index (χ3v) is 4.90. The summed E-state index contributed by atoms with van der Waals surface area (Å²) in [5, 5.41) is 3.88. The normalized spacial score (nSPS) is 13.5. The van der Waals surface area contributed by atoms with Gasteiger partial charge in [-0.15, -0.1) is 0 Å². The predicted molar refractivity (Wildman–Crippen MR) is 103 cm³/mol. The quantitative estimate of drug-likeness (QED) is 0.479. The van der Waals surface area contributed by atoms with E-state index < -0.39 is 5.92 Å². The number of fused-ring (bicyclic) bond motifs is 2. The first kappa shape index (κ1) is 18.0. The minimum Gasteiger partial charge on any atom is -0.465 e. The summed E-state index contributed by atoms with van der Waals surface area (Å²) < 4.78 is 18.2. The molecule has 0 bridgehead atoms. The number of carbonyl (C=O) groups is 1. The van der Waals surface area contributed by atoms with Crippen molar-refractivity contribution in [3.8, 4) is 11.5 Å². The molecule has 1 aromatic heterocycles. The summed E-state index contributed by atoms with van der Waals surface area (Å²) in [6.07, 6.45) is 1.93. The highest BCUT2D eigenvalue weighted by atomic mass is 16.7. The Bertz CT molecular complexity index is 1060. The van der Waals surface area contributed by atoms with Crippen molar-refractivity contribution in [1.82, 2.24) is 4.57 Å². The zero-order valence-electron chi connectivity index (χ0n) is 15.7. The van der Waals surface area contributed by atoms with Gasteiger partial charge in [0.05, 0.1) is 6.61 Å². The maximum absolute atomic E-state index is 12.9. The molecular weight excluding hydrogens is 360 g/mol. The molecule has 3 aromatic rings. The zero-order chi connectivity index (χ0) is 19.7. The number of benzene rings is 2. The number of ether oxygens (including phenoxy) is 3. The molecule has 28 heavy (non-hydrogen) atoms. The van der Waals surface area contributed by atoms with Crippen LogP contribution in [0.1, 0.15) is 29.5 Å². The van der Waals surface area contributed by atoms with Gasteiger partial charge in [-0.05, 0) is 41.8 Å². The number of esters is 1. The molecule has 0 amide bonds. The summed E-state index contributed by atoms with van der Waals surface area (Å²) in [6.45, 7) is 2.36. The Kier molecular flexibility index (Phi) is 4.73. The Balaban J connectivity index is 1.85. The SMILES string of the molecule is CCOC(=O)C(c1ccc2c(c1)OCO2)c1cn(C)c2cc(CN=O)ccc12. The molecule has 0 spiro atoms. The van der Waals surface area contributed by atoms with Crippen LogP contribution in [-0.4, -0.2) is 23.9 Å². The van der Waals surface area contributed by atoms with Crippen LogP contribution in [0.15, 0.2) is 47.8 Å². The third kappa shape index (κ3) is 3.09. The van der Waals surface area contributed by atoms with E-state index in [1.54, 1.807) is 6.92 Å². The van der Waals surface area contributed by atoms with Crippen LogP contribution in [0.2, 0.25) is 0 Å². The van der Waals surface area contributed by atoms with E-state index in [4.69, 9.17) is 14.2 Å². The van der Waals surface area contributed by atoms with Crippen molar-refractivity contribution in [2.75, 3.05) is 13.4 Å². The fourth-order valence-electron chi connectivity index (χ4n) is 3.62. The van der Waals surface area contributed by atoms with Gasteiger partial charge in [0, 0.05) is 24.1 Å². The zero-order valence-corrected chi connectivity index (χ0v) is 15.7. The van der Waals surface area contributed by atoms with Gasteiger partial charge in [-0.1, -0.05) is 23.4 Å². The van der Waals surface area contributed by atoms with Crippen LogP contribution in [0.4, 0.5) is 0 Å². The molecule has 0 radical (unpaired) electrons. The number of nitroso groups, excluding NO2 is 1. The largest absolute Gasteiger partial charge is 0.465 e. The molecule has 1 unspecified atom stereocenters. The van der Waals surface area contributed by atoms with E-state index >= 15 is 0 Å². The van der Waals surface area contributed by atoms with Crippen LogP contribution in [0.3, 0.4) is 0 Å². The number of aromatic nitrogens is 1. The van der Waals surface area contributed by atoms with Crippen LogP contribution in [0.5, 0.6) is 11.5 Å². The Labute approximate surface area is 161 Å². The average Bonchev–Trinajstić information content (AvgIpc) is 3.27. The lowest BCUT2D eigenvalue weighted by atomic mass is 9.90. The highest BCUT2D eigenvalue weighted by molar-refractivity contribution is 5.93. The van der Waals surface area contributed by atoms with Gasteiger partial charge < -0.3 is 18.8 Å². The molecule has 0 N–H and O–H groups in total. The van der Waals surface area contributed by atoms with Gasteiger partial charge in [0.2, 0.25) is 6.79 Å². The monoisotopic (exact) mass is 380 g/mol. The molecule has 0 saturated heterocycles. The average molecular weight is 380 g/mol. The Morgan fingerprint density at radius 1 is 1.21 bits per heavy atom. The summed E-state index contributed by atoms with van der Waals surface area (Å²) in [4.78, 5) is 23.5. The minimum absolute atomic E-state index is 0.111. The molecule has 7 nitrogen and oxygen atoms in total. The van der Waals surface area contributed by atoms with Crippen molar-refractivity contribution >= 4 is 16.9 Å². The smallest absolute Gasteiger partial charge is 0.317 e. The number of hydrogen-bond donors (Lipinski definition) is 0. The van der Waals surface area contributed by atoms with Crippen molar-refractivity contribution in [3.63, 3.8) is 0 Å². The van der Waals surface area contributed by atoms with E-state index in [1.165, 1.54) is 0 Å². The molecule has 7 heteroatoms. The lowest BCUT2D eigenvalue weighted by Gasteiger charge is -2.16. The Morgan fingerprint density at radius 3 is 2.82 bits per heavy atom. The van der Waals surface area contributed by atoms with Gasteiger partial charge >= 0.3 is 5.97 Å². The van der Waals surface area contributed by atoms with Crippen LogP contribution in [0, 0.1) is 4.91 Å². The number of hydrogen-bond acceptors (Lipinski definition) is 6. The minimum atomic E-state index is -0.604.